The van der Waals surface area contributed by atoms with Crippen molar-refractivity contribution in [2.24, 2.45) is 0 Å². The maximum absolute atomic E-state index is 13.3. The Hall–Kier alpha value is -2.00. The lowest BCUT2D eigenvalue weighted by atomic mass is 10.2. The molecular weight excluding hydrogens is 276 g/mol. The van der Waals surface area contributed by atoms with Crippen LogP contribution in [0, 0.1) is 11.3 Å². The number of amides is 1. The van der Waals surface area contributed by atoms with Gasteiger partial charge in [-0.2, -0.15) is 5.26 Å². The Kier molecular flexibility index (Phi) is 3.38. The van der Waals surface area contributed by atoms with Gasteiger partial charge in [0.05, 0.1) is 24.2 Å². The molecule has 4 nitrogen and oxygen atoms in total. The van der Waals surface area contributed by atoms with Gasteiger partial charge >= 0.3 is 0 Å². The Bertz CT molecular complexity index is 594. The molecule has 1 atom stereocenters. The number of hydrogen-bond donors (Lipinski definition) is 0. The van der Waals surface area contributed by atoms with E-state index in [1.807, 2.05) is 6.07 Å². The number of alkyl halides is 2. The maximum atomic E-state index is 13.3. The Morgan fingerprint density at radius 2 is 1.95 bits per heavy atom. The molecule has 2 saturated heterocycles. The second kappa shape index (κ2) is 5.08. The van der Waals surface area contributed by atoms with E-state index in [9.17, 15) is 13.6 Å². The molecule has 2 fully saturated rings. The van der Waals surface area contributed by atoms with E-state index in [0.29, 0.717) is 24.2 Å². The van der Waals surface area contributed by atoms with Crippen LogP contribution < -0.4 is 4.90 Å². The highest BCUT2D eigenvalue weighted by Gasteiger charge is 2.45. The highest BCUT2D eigenvalue weighted by molar-refractivity contribution is 5.99. The third-order valence-electron chi connectivity index (χ3n) is 4.13. The third kappa shape index (κ3) is 2.61. The monoisotopic (exact) mass is 291 g/mol. The number of anilines is 1. The number of hydrogen-bond acceptors (Lipinski definition) is 3. The van der Waals surface area contributed by atoms with Gasteiger partial charge in [0, 0.05) is 25.2 Å². The second-order valence-electron chi connectivity index (χ2n) is 5.53. The first-order valence-corrected chi connectivity index (χ1v) is 6.94. The zero-order valence-corrected chi connectivity index (χ0v) is 11.4. The third-order valence-corrected chi connectivity index (χ3v) is 4.13. The van der Waals surface area contributed by atoms with E-state index in [-0.39, 0.29) is 25.4 Å². The fourth-order valence-electron chi connectivity index (χ4n) is 3.00. The first-order chi connectivity index (χ1) is 10.00. The summed E-state index contributed by atoms with van der Waals surface area (Å²) in [6, 6.07) is 8.32. The summed E-state index contributed by atoms with van der Waals surface area (Å²) in [6.45, 7) is 0.465. The van der Waals surface area contributed by atoms with Gasteiger partial charge < -0.3 is 4.90 Å². The zero-order chi connectivity index (χ0) is 15.0. The van der Waals surface area contributed by atoms with Gasteiger partial charge in [0.25, 0.3) is 5.92 Å². The minimum absolute atomic E-state index is 0.127. The van der Waals surface area contributed by atoms with Gasteiger partial charge in [0.1, 0.15) is 0 Å². The lowest BCUT2D eigenvalue weighted by Gasteiger charge is -2.23. The molecular formula is C15H15F2N3O. The minimum atomic E-state index is -2.68. The van der Waals surface area contributed by atoms with Crippen LogP contribution in [-0.2, 0) is 4.79 Å². The molecule has 1 aromatic carbocycles. The van der Waals surface area contributed by atoms with E-state index in [4.69, 9.17) is 5.26 Å². The molecule has 1 aromatic rings. The smallest absolute Gasteiger partial charge is 0.261 e. The lowest BCUT2D eigenvalue weighted by Crippen LogP contribution is -2.41. The molecule has 0 spiro atoms. The average molecular weight is 291 g/mol. The number of rotatable bonds is 2. The van der Waals surface area contributed by atoms with Crippen LogP contribution in [0.4, 0.5) is 14.5 Å². The Morgan fingerprint density at radius 1 is 1.24 bits per heavy atom. The van der Waals surface area contributed by atoms with Gasteiger partial charge in [-0.05, 0) is 30.7 Å². The second-order valence-corrected chi connectivity index (χ2v) is 5.53. The molecule has 0 saturated carbocycles. The van der Waals surface area contributed by atoms with Crippen LogP contribution in [0.2, 0.25) is 0 Å². The van der Waals surface area contributed by atoms with Gasteiger partial charge in [-0.1, -0.05) is 0 Å². The largest absolute Gasteiger partial charge is 0.311 e. The van der Waals surface area contributed by atoms with Crippen molar-refractivity contribution in [1.82, 2.24) is 4.90 Å². The Balaban J connectivity index is 1.73. The van der Waals surface area contributed by atoms with Crippen molar-refractivity contribution in [3.63, 3.8) is 0 Å². The van der Waals surface area contributed by atoms with Crippen molar-refractivity contribution in [3.8, 4) is 6.07 Å². The molecule has 2 aliphatic rings. The minimum Gasteiger partial charge on any atom is -0.311 e. The number of carbonyl (C=O) groups is 1. The van der Waals surface area contributed by atoms with E-state index < -0.39 is 12.0 Å². The number of halogens is 2. The molecule has 21 heavy (non-hydrogen) atoms. The van der Waals surface area contributed by atoms with Crippen molar-refractivity contribution in [3.05, 3.63) is 29.8 Å². The molecule has 0 aliphatic carbocycles. The molecule has 0 N–H and O–H groups in total. The van der Waals surface area contributed by atoms with E-state index in [1.165, 1.54) is 0 Å². The van der Waals surface area contributed by atoms with Crippen LogP contribution in [0.15, 0.2) is 24.3 Å². The van der Waals surface area contributed by atoms with Gasteiger partial charge in [-0.25, -0.2) is 8.78 Å². The number of carbonyl (C=O) groups excluding carboxylic acids is 1. The Labute approximate surface area is 121 Å². The molecule has 0 radical (unpaired) electrons. The van der Waals surface area contributed by atoms with Crippen LogP contribution in [0.3, 0.4) is 0 Å². The molecule has 0 aromatic heterocycles. The number of nitrogens with zero attached hydrogens (tertiary/aromatic N) is 3. The van der Waals surface area contributed by atoms with Crippen LogP contribution in [-0.4, -0.2) is 42.4 Å². The first kappa shape index (κ1) is 14.0. The van der Waals surface area contributed by atoms with Crippen LogP contribution in [0.5, 0.6) is 0 Å². The average Bonchev–Trinajstić information content (AvgIpc) is 3.01. The molecule has 2 heterocycles. The van der Waals surface area contributed by atoms with Crippen molar-refractivity contribution in [2.45, 2.75) is 24.8 Å². The number of benzene rings is 1. The summed E-state index contributed by atoms with van der Waals surface area (Å²) in [5.74, 6) is -2.81. The van der Waals surface area contributed by atoms with Crippen molar-refractivity contribution in [1.29, 1.82) is 5.26 Å². The Morgan fingerprint density at radius 3 is 2.52 bits per heavy atom. The zero-order valence-electron chi connectivity index (χ0n) is 11.4. The molecule has 1 unspecified atom stereocenters. The quantitative estimate of drug-likeness (QED) is 0.837. The predicted octanol–water partition coefficient (Wildman–Crippen LogP) is 2.00. The predicted molar refractivity (Wildman–Crippen MR) is 73.1 cm³/mol. The van der Waals surface area contributed by atoms with E-state index in [1.54, 1.807) is 34.1 Å². The molecule has 110 valence electrons. The summed E-state index contributed by atoms with van der Waals surface area (Å²) in [4.78, 5) is 15.6. The van der Waals surface area contributed by atoms with Gasteiger partial charge in [0.15, 0.2) is 0 Å². The maximum Gasteiger partial charge on any atom is 0.261 e. The van der Waals surface area contributed by atoms with Crippen LogP contribution in [0.1, 0.15) is 18.4 Å². The first-order valence-electron chi connectivity index (χ1n) is 6.94. The molecule has 6 heteroatoms. The highest BCUT2D eigenvalue weighted by Crippen LogP contribution is 2.32. The number of nitriles is 1. The van der Waals surface area contributed by atoms with E-state index in [0.717, 1.165) is 0 Å². The topological polar surface area (TPSA) is 47.3 Å². The van der Waals surface area contributed by atoms with Gasteiger partial charge in [-0.3, -0.25) is 9.69 Å². The van der Waals surface area contributed by atoms with Crippen molar-refractivity contribution < 1.29 is 13.6 Å². The fraction of sp³-hybridized carbons (Fsp3) is 0.467. The van der Waals surface area contributed by atoms with Gasteiger partial charge in [-0.15, -0.1) is 0 Å². The highest BCUT2D eigenvalue weighted by atomic mass is 19.3. The molecule has 3 rings (SSSR count). The van der Waals surface area contributed by atoms with Crippen LogP contribution >= 0.6 is 0 Å². The lowest BCUT2D eigenvalue weighted by molar-refractivity contribution is -0.121. The molecule has 1 amide bonds. The molecule has 2 aliphatic heterocycles. The SMILES string of the molecule is N#Cc1ccc(N2CCC(N3CCC(F)(F)C3)C2=O)cc1. The fourth-order valence-corrected chi connectivity index (χ4v) is 3.00. The normalized spacial score (nSPS) is 25.3. The summed E-state index contributed by atoms with van der Waals surface area (Å²) in [7, 11) is 0. The van der Waals surface area contributed by atoms with Crippen molar-refractivity contribution >= 4 is 11.6 Å². The summed E-state index contributed by atoms with van der Waals surface area (Å²) in [5, 5.41) is 8.77. The number of likely N-dealkylation sites (tertiary alicyclic amines) is 1. The van der Waals surface area contributed by atoms with Crippen LogP contribution in [0.25, 0.3) is 0 Å². The van der Waals surface area contributed by atoms with Crippen molar-refractivity contribution in [2.75, 3.05) is 24.5 Å². The summed E-state index contributed by atoms with van der Waals surface area (Å²) >= 11 is 0. The van der Waals surface area contributed by atoms with E-state index in [2.05, 4.69) is 0 Å². The standard InChI is InChI=1S/C15H15F2N3O/c16-15(17)6-8-19(10-15)13-5-7-20(14(13)21)12-3-1-11(9-18)2-4-12/h1-4,13H,5-8,10H2. The molecule has 0 bridgehead atoms. The summed E-state index contributed by atoms with van der Waals surface area (Å²) in [6.07, 6.45) is 0.391. The summed E-state index contributed by atoms with van der Waals surface area (Å²) in [5.41, 5.74) is 1.24. The van der Waals surface area contributed by atoms with Gasteiger partial charge in [0.2, 0.25) is 5.91 Å². The summed E-state index contributed by atoms with van der Waals surface area (Å²) < 4.78 is 26.6. The van der Waals surface area contributed by atoms with E-state index >= 15 is 0 Å².